The molecule has 6 heavy (non-hydrogen) atoms. The molecule has 0 heterocycles. The fraction of sp³-hybridized carbons (Fsp3) is 0.500. The molecule has 4 heteroatoms. The van der Waals surface area contributed by atoms with Gasteiger partial charge in [-0.1, -0.05) is 0 Å². The summed E-state index contributed by atoms with van der Waals surface area (Å²) in [6.07, 6.45) is 0. The van der Waals surface area contributed by atoms with Gasteiger partial charge in [-0.3, -0.25) is 0 Å². The van der Waals surface area contributed by atoms with Crippen LogP contribution in [0, 0.1) is 0 Å². The van der Waals surface area contributed by atoms with Crippen LogP contribution in [0.4, 0.5) is 0 Å². The van der Waals surface area contributed by atoms with Gasteiger partial charge in [0.15, 0.2) is 0 Å². The van der Waals surface area contributed by atoms with Crippen molar-refractivity contribution in [1.82, 2.24) is 0 Å². The van der Waals surface area contributed by atoms with Crippen molar-refractivity contribution >= 4 is 5.97 Å². The third kappa shape index (κ3) is 244. The molecule has 0 atom stereocenters. The van der Waals surface area contributed by atoms with E-state index in [0.29, 0.717) is 0 Å². The molecular formula is C2H3BrMnO2. The third-order valence-corrected chi connectivity index (χ3v) is 0. The number of carbonyl (C=O) groups excluding carboxylic acids is 1. The monoisotopic (exact) mass is 193 g/mol. The Bertz CT molecular complexity index is 34.5. The zero-order chi connectivity index (χ0) is 3.58. The van der Waals surface area contributed by atoms with Gasteiger partial charge in [-0.25, -0.2) is 0 Å². The molecule has 0 spiro atoms. The molecule has 2 nitrogen and oxygen atoms in total. The van der Waals surface area contributed by atoms with Gasteiger partial charge >= 0.3 is 17.1 Å². The molecule has 37 valence electrons. The first-order valence-corrected chi connectivity index (χ1v) is 0.908. The number of rotatable bonds is 0. The average Bonchev–Trinajstić information content (AvgIpc) is 0.811. The first-order chi connectivity index (χ1) is 1.73. The van der Waals surface area contributed by atoms with Crippen LogP contribution in [0.3, 0.4) is 0 Å². The zero-order valence-corrected chi connectivity index (χ0v) is 5.84. The fourth-order valence-corrected chi connectivity index (χ4v) is 0. The van der Waals surface area contributed by atoms with Crippen LogP contribution in [-0.4, -0.2) is 5.97 Å². The summed E-state index contributed by atoms with van der Waals surface area (Å²) < 4.78 is 0. The van der Waals surface area contributed by atoms with E-state index in [1.807, 2.05) is 0 Å². The van der Waals surface area contributed by atoms with Crippen molar-refractivity contribution in [2.24, 2.45) is 0 Å². The van der Waals surface area contributed by atoms with Crippen molar-refractivity contribution in [2.45, 2.75) is 6.92 Å². The van der Waals surface area contributed by atoms with Gasteiger partial charge in [0.2, 0.25) is 0 Å². The van der Waals surface area contributed by atoms with Gasteiger partial charge in [0.1, 0.15) is 0 Å². The van der Waals surface area contributed by atoms with Crippen molar-refractivity contribution in [1.29, 1.82) is 0 Å². The Hall–Kier alpha value is 0.469. The SMILES string of the molecule is CC(=O)[O-].[Br-].[Mn+2]. The molecule has 0 amide bonds. The molecule has 0 rings (SSSR count). The molecule has 0 N–H and O–H groups in total. The number of aliphatic carboxylic acids is 1. The van der Waals surface area contributed by atoms with Crippen LogP contribution in [0.15, 0.2) is 0 Å². The van der Waals surface area contributed by atoms with E-state index >= 15 is 0 Å². The summed E-state index contributed by atoms with van der Waals surface area (Å²) >= 11 is 0. The second-order valence-corrected chi connectivity index (χ2v) is 0.492. The Morgan fingerprint density at radius 1 is 1.67 bits per heavy atom. The molecule has 0 aliphatic rings. The van der Waals surface area contributed by atoms with Crippen LogP contribution in [0.5, 0.6) is 0 Å². The summed E-state index contributed by atoms with van der Waals surface area (Å²) in [5, 5.41) is 8.89. The van der Waals surface area contributed by atoms with Crippen LogP contribution in [0.1, 0.15) is 6.92 Å². The minimum atomic E-state index is -1.08. The minimum absolute atomic E-state index is 0. The number of halogens is 1. The maximum absolute atomic E-state index is 8.89. The van der Waals surface area contributed by atoms with Gasteiger partial charge in [0, 0.05) is 5.97 Å². The summed E-state index contributed by atoms with van der Waals surface area (Å²) in [6.45, 7) is 0.972. The minimum Gasteiger partial charge on any atom is -1.00 e. The Morgan fingerprint density at radius 3 is 1.67 bits per heavy atom. The van der Waals surface area contributed by atoms with E-state index in [4.69, 9.17) is 9.90 Å². The predicted molar refractivity (Wildman–Crippen MR) is 10.7 cm³/mol. The van der Waals surface area contributed by atoms with Crippen molar-refractivity contribution < 1.29 is 44.0 Å². The molecule has 0 aliphatic heterocycles. The first kappa shape index (κ1) is 16.1. The predicted octanol–water partition coefficient (Wildman–Crippen LogP) is -4.24. The summed E-state index contributed by atoms with van der Waals surface area (Å²) in [5.41, 5.74) is 0. The van der Waals surface area contributed by atoms with E-state index in [1.54, 1.807) is 0 Å². The first-order valence-electron chi connectivity index (χ1n) is 0.908. The van der Waals surface area contributed by atoms with Crippen molar-refractivity contribution in [3.63, 3.8) is 0 Å². The van der Waals surface area contributed by atoms with Crippen molar-refractivity contribution in [2.75, 3.05) is 0 Å². The maximum Gasteiger partial charge on any atom is 2.00 e. The fourth-order valence-electron chi connectivity index (χ4n) is 0. The van der Waals surface area contributed by atoms with Crippen LogP contribution >= 0.6 is 0 Å². The Morgan fingerprint density at radius 2 is 1.67 bits per heavy atom. The topological polar surface area (TPSA) is 40.1 Å². The van der Waals surface area contributed by atoms with Gasteiger partial charge in [-0.2, -0.15) is 0 Å². The van der Waals surface area contributed by atoms with Gasteiger partial charge < -0.3 is 26.9 Å². The van der Waals surface area contributed by atoms with Gasteiger partial charge in [-0.15, -0.1) is 0 Å². The van der Waals surface area contributed by atoms with Crippen molar-refractivity contribution in [3.8, 4) is 0 Å². The number of hydrogen-bond acceptors (Lipinski definition) is 2. The maximum atomic E-state index is 8.89. The largest absolute Gasteiger partial charge is 2.00 e. The Balaban J connectivity index is -0.0000000450. The summed E-state index contributed by atoms with van der Waals surface area (Å²) in [4.78, 5) is 8.89. The second-order valence-electron chi connectivity index (χ2n) is 0.492. The molecule has 0 aromatic heterocycles. The van der Waals surface area contributed by atoms with E-state index in [9.17, 15) is 0 Å². The summed E-state index contributed by atoms with van der Waals surface area (Å²) in [6, 6.07) is 0. The average molecular weight is 194 g/mol. The number of carboxylic acids is 1. The standard InChI is InChI=1S/C2H4O2.BrH.Mn/c1-2(3)4;;/h1H3,(H,3,4);1H;/q;;+2/p-2. The molecule has 0 aliphatic carbocycles. The number of carbonyl (C=O) groups is 1. The number of hydrogen-bond donors (Lipinski definition) is 0. The quantitative estimate of drug-likeness (QED) is 0.366. The Labute approximate surface area is 57.2 Å². The molecule has 0 saturated heterocycles. The molecule has 0 unspecified atom stereocenters. The van der Waals surface area contributed by atoms with Crippen LogP contribution < -0.4 is 22.1 Å². The molecule has 0 fully saturated rings. The van der Waals surface area contributed by atoms with Crippen molar-refractivity contribution in [3.05, 3.63) is 0 Å². The molecule has 0 aromatic carbocycles. The molecule has 1 radical (unpaired) electrons. The van der Waals surface area contributed by atoms with E-state index in [2.05, 4.69) is 0 Å². The zero-order valence-electron chi connectivity index (χ0n) is 3.07. The van der Waals surface area contributed by atoms with Gasteiger partial charge in [0.05, 0.1) is 0 Å². The third-order valence-electron chi connectivity index (χ3n) is 0. The molecule has 0 aromatic rings. The molecular weight excluding hydrogens is 191 g/mol. The molecule has 0 saturated carbocycles. The van der Waals surface area contributed by atoms with E-state index in [-0.39, 0.29) is 34.1 Å². The van der Waals surface area contributed by atoms with Crippen LogP contribution in [-0.2, 0) is 21.9 Å². The van der Waals surface area contributed by atoms with Crippen LogP contribution in [0.25, 0.3) is 0 Å². The smallest absolute Gasteiger partial charge is 1.00 e. The van der Waals surface area contributed by atoms with Crippen LogP contribution in [0.2, 0.25) is 0 Å². The summed E-state index contributed by atoms with van der Waals surface area (Å²) in [7, 11) is 0. The Kier molecular flexibility index (Phi) is 24.3. The van der Waals surface area contributed by atoms with E-state index in [1.165, 1.54) is 0 Å². The number of carboxylic acid groups (broad SMARTS) is 1. The summed E-state index contributed by atoms with van der Waals surface area (Å²) in [5.74, 6) is -1.08. The normalized spacial score (nSPS) is 4.17. The van der Waals surface area contributed by atoms with Gasteiger partial charge in [0.25, 0.3) is 0 Å². The van der Waals surface area contributed by atoms with E-state index < -0.39 is 5.97 Å². The van der Waals surface area contributed by atoms with Gasteiger partial charge in [-0.05, 0) is 6.92 Å². The van der Waals surface area contributed by atoms with E-state index in [0.717, 1.165) is 6.92 Å². The second kappa shape index (κ2) is 9.08. The molecule has 0 bridgehead atoms.